The Balaban J connectivity index is 2.12. The molecule has 2 atom stereocenters. The average molecular weight is 265 g/mol. The van der Waals surface area contributed by atoms with Gasteiger partial charge in [0.2, 0.25) is 0 Å². The molecule has 0 aliphatic carbocycles. The highest BCUT2D eigenvalue weighted by Gasteiger charge is 2.23. The van der Waals surface area contributed by atoms with Crippen LogP contribution in [0.5, 0.6) is 11.5 Å². The number of aliphatic hydroxyl groups excluding tert-OH is 1. The largest absolute Gasteiger partial charge is 0.486 e. The fourth-order valence-corrected chi connectivity index (χ4v) is 2.29. The van der Waals surface area contributed by atoms with Crippen LogP contribution >= 0.6 is 0 Å². The second-order valence-electron chi connectivity index (χ2n) is 6.03. The maximum atomic E-state index is 10.4. The summed E-state index contributed by atoms with van der Waals surface area (Å²) in [6.07, 6.45) is -0.574. The van der Waals surface area contributed by atoms with E-state index in [9.17, 15) is 5.11 Å². The summed E-state index contributed by atoms with van der Waals surface area (Å²) in [5.41, 5.74) is 0.808. The lowest BCUT2D eigenvalue weighted by Gasteiger charge is -2.30. The van der Waals surface area contributed by atoms with Gasteiger partial charge in [0.15, 0.2) is 11.5 Å². The maximum absolute atomic E-state index is 10.4. The van der Waals surface area contributed by atoms with E-state index in [0.29, 0.717) is 19.0 Å². The molecule has 0 aromatic heterocycles. The van der Waals surface area contributed by atoms with Crippen LogP contribution in [0.15, 0.2) is 18.2 Å². The van der Waals surface area contributed by atoms with Crippen molar-refractivity contribution in [2.24, 2.45) is 0 Å². The molecule has 4 heteroatoms. The fourth-order valence-electron chi connectivity index (χ4n) is 2.29. The van der Waals surface area contributed by atoms with Crippen molar-refractivity contribution in [3.8, 4) is 11.5 Å². The van der Waals surface area contributed by atoms with Gasteiger partial charge in [-0.3, -0.25) is 0 Å². The van der Waals surface area contributed by atoms with Crippen molar-refractivity contribution in [3.05, 3.63) is 23.8 Å². The molecule has 0 saturated heterocycles. The van der Waals surface area contributed by atoms with Gasteiger partial charge in [0.05, 0.1) is 6.10 Å². The van der Waals surface area contributed by atoms with Crippen molar-refractivity contribution < 1.29 is 14.6 Å². The van der Waals surface area contributed by atoms with Crippen LogP contribution in [0.1, 0.15) is 39.4 Å². The number of benzene rings is 1. The van der Waals surface area contributed by atoms with Gasteiger partial charge in [-0.1, -0.05) is 6.07 Å². The maximum Gasteiger partial charge on any atom is 0.161 e. The van der Waals surface area contributed by atoms with Gasteiger partial charge in [-0.25, -0.2) is 0 Å². The SMILES string of the molecule is CC(NC(C)(C)C)C(O)c1ccc2c(c1)OCCO2. The first-order valence-corrected chi connectivity index (χ1v) is 6.72. The molecule has 2 unspecified atom stereocenters. The monoisotopic (exact) mass is 265 g/mol. The quantitative estimate of drug-likeness (QED) is 0.880. The molecule has 2 N–H and O–H groups in total. The van der Waals surface area contributed by atoms with E-state index in [-0.39, 0.29) is 11.6 Å². The molecule has 1 aromatic rings. The Morgan fingerprint density at radius 1 is 1.16 bits per heavy atom. The minimum absolute atomic E-state index is 0.0335. The van der Waals surface area contributed by atoms with Crippen molar-refractivity contribution >= 4 is 0 Å². The lowest BCUT2D eigenvalue weighted by atomic mass is 9.99. The third-order valence-electron chi connectivity index (χ3n) is 3.04. The molecular weight excluding hydrogens is 242 g/mol. The average Bonchev–Trinajstić information content (AvgIpc) is 2.35. The van der Waals surface area contributed by atoms with Crippen LogP contribution in [-0.2, 0) is 0 Å². The summed E-state index contributed by atoms with van der Waals surface area (Å²) in [5.74, 6) is 1.46. The zero-order valence-electron chi connectivity index (χ0n) is 12.1. The summed E-state index contributed by atoms with van der Waals surface area (Å²) in [6.45, 7) is 9.37. The number of ether oxygens (including phenoxy) is 2. The minimum atomic E-state index is -0.574. The van der Waals surface area contributed by atoms with Crippen molar-refractivity contribution in [2.75, 3.05) is 13.2 Å². The lowest BCUT2D eigenvalue weighted by molar-refractivity contribution is 0.120. The Morgan fingerprint density at radius 2 is 1.79 bits per heavy atom. The first kappa shape index (κ1) is 14.2. The smallest absolute Gasteiger partial charge is 0.161 e. The van der Waals surface area contributed by atoms with Crippen LogP contribution in [0.25, 0.3) is 0 Å². The van der Waals surface area contributed by atoms with E-state index < -0.39 is 6.10 Å². The van der Waals surface area contributed by atoms with Crippen LogP contribution in [0.2, 0.25) is 0 Å². The Labute approximate surface area is 114 Å². The summed E-state index contributed by atoms with van der Waals surface area (Å²) in [4.78, 5) is 0. The van der Waals surface area contributed by atoms with Gasteiger partial charge in [-0.2, -0.15) is 0 Å². The van der Waals surface area contributed by atoms with Crippen molar-refractivity contribution in [2.45, 2.75) is 45.4 Å². The Hall–Kier alpha value is -1.26. The zero-order chi connectivity index (χ0) is 14.0. The van der Waals surface area contributed by atoms with Gasteiger partial charge < -0.3 is 19.9 Å². The molecule has 1 aliphatic heterocycles. The van der Waals surface area contributed by atoms with E-state index in [0.717, 1.165) is 11.3 Å². The Morgan fingerprint density at radius 3 is 2.42 bits per heavy atom. The van der Waals surface area contributed by atoms with Crippen LogP contribution in [0.3, 0.4) is 0 Å². The second-order valence-corrected chi connectivity index (χ2v) is 6.03. The molecule has 0 bridgehead atoms. The van der Waals surface area contributed by atoms with Gasteiger partial charge in [0, 0.05) is 11.6 Å². The molecule has 0 spiro atoms. The highest BCUT2D eigenvalue weighted by atomic mass is 16.6. The molecule has 1 aromatic carbocycles. The molecule has 0 saturated carbocycles. The van der Waals surface area contributed by atoms with Crippen molar-refractivity contribution in [1.29, 1.82) is 0 Å². The van der Waals surface area contributed by atoms with E-state index in [1.165, 1.54) is 0 Å². The van der Waals surface area contributed by atoms with E-state index in [4.69, 9.17) is 9.47 Å². The number of rotatable bonds is 3. The standard InChI is InChI=1S/C15H23NO3/c1-10(16-15(2,3)4)14(17)11-5-6-12-13(9-11)19-8-7-18-12/h5-6,9-10,14,16-17H,7-8H2,1-4H3. The van der Waals surface area contributed by atoms with E-state index in [1.807, 2.05) is 25.1 Å². The number of fused-ring (bicyclic) bond motifs is 1. The molecule has 106 valence electrons. The van der Waals surface area contributed by atoms with Crippen molar-refractivity contribution in [1.82, 2.24) is 5.32 Å². The van der Waals surface area contributed by atoms with Crippen molar-refractivity contribution in [3.63, 3.8) is 0 Å². The predicted molar refractivity (Wildman–Crippen MR) is 74.7 cm³/mol. The third-order valence-corrected chi connectivity index (χ3v) is 3.04. The first-order valence-electron chi connectivity index (χ1n) is 6.72. The normalized spacial score (nSPS) is 17.9. The molecule has 0 radical (unpaired) electrons. The summed E-state index contributed by atoms with van der Waals surface area (Å²) in [7, 11) is 0. The van der Waals surface area contributed by atoms with Crippen LogP contribution in [-0.4, -0.2) is 29.9 Å². The minimum Gasteiger partial charge on any atom is -0.486 e. The van der Waals surface area contributed by atoms with Crippen LogP contribution in [0, 0.1) is 0 Å². The first-order chi connectivity index (χ1) is 8.87. The molecule has 0 amide bonds. The van der Waals surface area contributed by atoms with E-state index >= 15 is 0 Å². The molecule has 19 heavy (non-hydrogen) atoms. The topological polar surface area (TPSA) is 50.7 Å². The summed E-state index contributed by atoms with van der Waals surface area (Å²) < 4.78 is 11.0. The number of hydrogen-bond acceptors (Lipinski definition) is 4. The third kappa shape index (κ3) is 3.61. The van der Waals surface area contributed by atoms with E-state index in [2.05, 4.69) is 26.1 Å². The lowest BCUT2D eigenvalue weighted by Crippen LogP contribution is -2.44. The summed E-state index contributed by atoms with van der Waals surface area (Å²) in [5, 5.41) is 13.8. The fraction of sp³-hybridized carbons (Fsp3) is 0.600. The summed E-state index contributed by atoms with van der Waals surface area (Å²) >= 11 is 0. The van der Waals surface area contributed by atoms with Crippen LogP contribution in [0.4, 0.5) is 0 Å². The molecule has 0 fully saturated rings. The number of nitrogens with one attached hydrogen (secondary N) is 1. The zero-order valence-corrected chi connectivity index (χ0v) is 12.1. The Bertz CT molecular complexity index is 440. The molecule has 1 heterocycles. The number of aliphatic hydroxyl groups is 1. The summed E-state index contributed by atoms with van der Waals surface area (Å²) in [6, 6.07) is 5.57. The van der Waals surface area contributed by atoms with Gasteiger partial charge in [-0.15, -0.1) is 0 Å². The predicted octanol–water partition coefficient (Wildman–Crippen LogP) is 2.27. The van der Waals surface area contributed by atoms with Gasteiger partial charge in [-0.05, 0) is 45.4 Å². The molecular formula is C15H23NO3. The molecule has 1 aliphatic rings. The van der Waals surface area contributed by atoms with E-state index in [1.54, 1.807) is 0 Å². The number of hydrogen-bond donors (Lipinski definition) is 2. The highest BCUT2D eigenvalue weighted by Crippen LogP contribution is 2.33. The second kappa shape index (κ2) is 5.39. The van der Waals surface area contributed by atoms with Gasteiger partial charge >= 0.3 is 0 Å². The van der Waals surface area contributed by atoms with Gasteiger partial charge in [0.25, 0.3) is 0 Å². The van der Waals surface area contributed by atoms with Crippen LogP contribution < -0.4 is 14.8 Å². The molecule has 4 nitrogen and oxygen atoms in total. The Kier molecular flexibility index (Phi) is 4.02. The highest BCUT2D eigenvalue weighted by molar-refractivity contribution is 5.44. The van der Waals surface area contributed by atoms with Gasteiger partial charge in [0.1, 0.15) is 13.2 Å². The molecule has 2 rings (SSSR count).